The highest BCUT2D eigenvalue weighted by atomic mass is 32.2. The minimum Gasteiger partial charge on any atom is -0.399 e. The van der Waals surface area contributed by atoms with Crippen molar-refractivity contribution in [3.05, 3.63) is 23.8 Å². The van der Waals surface area contributed by atoms with Gasteiger partial charge in [-0.05, 0) is 55.5 Å². The third-order valence-electron chi connectivity index (χ3n) is 2.62. The molecule has 0 aliphatic heterocycles. The Balaban J connectivity index is 2.60. The van der Waals surface area contributed by atoms with E-state index in [1.54, 1.807) is 30.8 Å². The summed E-state index contributed by atoms with van der Waals surface area (Å²) in [7, 11) is -3.40. The van der Waals surface area contributed by atoms with Crippen molar-refractivity contribution in [2.24, 2.45) is 0 Å². The average Bonchev–Trinajstić information content (AvgIpc) is 2.32. The lowest BCUT2D eigenvalue weighted by Gasteiger charge is -2.08. The van der Waals surface area contributed by atoms with E-state index in [1.807, 2.05) is 6.26 Å². The van der Waals surface area contributed by atoms with Gasteiger partial charge in [0, 0.05) is 12.2 Å². The molecule has 0 aliphatic rings. The Morgan fingerprint density at radius 3 is 2.67 bits per heavy atom. The van der Waals surface area contributed by atoms with Gasteiger partial charge in [-0.2, -0.15) is 11.8 Å². The molecule has 102 valence electrons. The SMILES string of the molecule is CSCCCCNS(=O)(=O)c1ccc(N)c(C)c1. The second-order valence-corrected chi connectivity index (χ2v) is 6.87. The number of unbranched alkanes of at least 4 members (excludes halogenated alkanes) is 1. The van der Waals surface area contributed by atoms with Gasteiger partial charge in [0.1, 0.15) is 0 Å². The number of aryl methyl sites for hydroxylation is 1. The highest BCUT2D eigenvalue weighted by Gasteiger charge is 2.13. The van der Waals surface area contributed by atoms with Crippen LogP contribution in [0.3, 0.4) is 0 Å². The van der Waals surface area contributed by atoms with Crippen molar-refractivity contribution in [2.75, 3.05) is 24.3 Å². The Labute approximate surface area is 113 Å². The van der Waals surface area contributed by atoms with Crippen molar-refractivity contribution in [2.45, 2.75) is 24.7 Å². The van der Waals surface area contributed by atoms with Gasteiger partial charge in [-0.3, -0.25) is 0 Å². The maximum atomic E-state index is 12.0. The molecule has 0 aliphatic carbocycles. The molecule has 0 atom stereocenters. The fourth-order valence-electron chi connectivity index (χ4n) is 1.48. The minimum atomic E-state index is -3.40. The van der Waals surface area contributed by atoms with Crippen LogP contribution in [0.1, 0.15) is 18.4 Å². The molecule has 3 N–H and O–H groups in total. The maximum absolute atomic E-state index is 12.0. The predicted octanol–water partition coefficient (Wildman–Crippen LogP) is 2.00. The zero-order valence-electron chi connectivity index (χ0n) is 10.8. The van der Waals surface area contributed by atoms with Crippen LogP contribution in [0.15, 0.2) is 23.1 Å². The van der Waals surface area contributed by atoms with Crippen LogP contribution in [0, 0.1) is 6.92 Å². The molecule has 0 saturated heterocycles. The summed E-state index contributed by atoms with van der Waals surface area (Å²) in [6.45, 7) is 2.28. The molecule has 0 spiro atoms. The molecule has 0 saturated carbocycles. The van der Waals surface area contributed by atoms with E-state index in [-0.39, 0.29) is 4.90 Å². The van der Waals surface area contributed by atoms with Gasteiger partial charge in [-0.15, -0.1) is 0 Å². The largest absolute Gasteiger partial charge is 0.399 e. The third-order valence-corrected chi connectivity index (χ3v) is 4.77. The van der Waals surface area contributed by atoms with E-state index >= 15 is 0 Å². The number of nitrogens with one attached hydrogen (secondary N) is 1. The van der Waals surface area contributed by atoms with Crippen LogP contribution in [0.25, 0.3) is 0 Å². The highest BCUT2D eigenvalue weighted by Crippen LogP contribution is 2.16. The van der Waals surface area contributed by atoms with Crippen LogP contribution in [-0.4, -0.2) is 27.0 Å². The fraction of sp³-hybridized carbons (Fsp3) is 0.500. The lowest BCUT2D eigenvalue weighted by Crippen LogP contribution is -2.25. The second kappa shape index (κ2) is 7.01. The maximum Gasteiger partial charge on any atom is 0.240 e. The van der Waals surface area contributed by atoms with E-state index < -0.39 is 10.0 Å². The zero-order chi connectivity index (χ0) is 13.6. The van der Waals surface area contributed by atoms with Crippen LogP contribution < -0.4 is 10.5 Å². The van der Waals surface area contributed by atoms with E-state index in [9.17, 15) is 8.42 Å². The van der Waals surface area contributed by atoms with Crippen molar-refractivity contribution in [1.82, 2.24) is 4.72 Å². The normalized spacial score (nSPS) is 11.7. The number of nitrogen functional groups attached to an aromatic ring is 1. The van der Waals surface area contributed by atoms with Crippen LogP contribution in [0.4, 0.5) is 5.69 Å². The first-order valence-corrected chi connectivity index (χ1v) is 8.70. The summed E-state index contributed by atoms with van der Waals surface area (Å²) in [6, 6.07) is 4.75. The number of hydrogen-bond donors (Lipinski definition) is 2. The lowest BCUT2D eigenvalue weighted by molar-refractivity contribution is 0.578. The molecule has 0 fully saturated rings. The van der Waals surface area contributed by atoms with E-state index in [4.69, 9.17) is 5.73 Å². The van der Waals surface area contributed by atoms with Crippen molar-refractivity contribution < 1.29 is 8.42 Å². The van der Waals surface area contributed by atoms with Gasteiger partial charge in [0.25, 0.3) is 0 Å². The molecule has 1 aromatic carbocycles. The average molecular weight is 288 g/mol. The van der Waals surface area contributed by atoms with Gasteiger partial charge in [0.15, 0.2) is 0 Å². The second-order valence-electron chi connectivity index (χ2n) is 4.12. The molecular weight excluding hydrogens is 268 g/mol. The first kappa shape index (κ1) is 15.3. The monoisotopic (exact) mass is 288 g/mol. The van der Waals surface area contributed by atoms with Crippen LogP contribution >= 0.6 is 11.8 Å². The Kier molecular flexibility index (Phi) is 5.98. The Morgan fingerprint density at radius 1 is 1.33 bits per heavy atom. The molecule has 0 amide bonds. The highest BCUT2D eigenvalue weighted by molar-refractivity contribution is 7.98. The number of sulfonamides is 1. The summed E-state index contributed by atoms with van der Waals surface area (Å²) in [5.41, 5.74) is 7.05. The van der Waals surface area contributed by atoms with Crippen LogP contribution in [0.5, 0.6) is 0 Å². The quantitative estimate of drug-likeness (QED) is 0.594. The molecule has 4 nitrogen and oxygen atoms in total. The van der Waals surface area contributed by atoms with Crippen molar-refractivity contribution in [1.29, 1.82) is 0 Å². The molecule has 1 rings (SSSR count). The number of anilines is 1. The van der Waals surface area contributed by atoms with Gasteiger partial charge >= 0.3 is 0 Å². The van der Waals surface area contributed by atoms with E-state index in [0.717, 1.165) is 24.2 Å². The number of benzene rings is 1. The Hall–Kier alpha value is -0.720. The summed E-state index contributed by atoms with van der Waals surface area (Å²) >= 11 is 1.77. The molecule has 0 bridgehead atoms. The van der Waals surface area contributed by atoms with Gasteiger partial charge < -0.3 is 5.73 Å². The molecule has 1 aromatic rings. The predicted molar refractivity (Wildman–Crippen MR) is 78.4 cm³/mol. The van der Waals surface area contributed by atoms with E-state index in [2.05, 4.69) is 4.72 Å². The topological polar surface area (TPSA) is 72.2 Å². The van der Waals surface area contributed by atoms with E-state index in [0.29, 0.717) is 12.2 Å². The summed E-state index contributed by atoms with van der Waals surface area (Å²) in [4.78, 5) is 0.277. The zero-order valence-corrected chi connectivity index (χ0v) is 12.4. The summed E-state index contributed by atoms with van der Waals surface area (Å²) in [5, 5.41) is 0. The van der Waals surface area contributed by atoms with Gasteiger partial charge in [0.2, 0.25) is 10.0 Å². The molecular formula is C12H20N2O2S2. The summed E-state index contributed by atoms with van der Waals surface area (Å²) < 4.78 is 26.5. The molecule has 18 heavy (non-hydrogen) atoms. The first-order chi connectivity index (χ1) is 8.47. The number of rotatable bonds is 7. The van der Waals surface area contributed by atoms with Crippen LogP contribution in [0.2, 0.25) is 0 Å². The Morgan fingerprint density at radius 2 is 2.06 bits per heavy atom. The fourth-order valence-corrected chi connectivity index (χ4v) is 3.13. The number of hydrogen-bond acceptors (Lipinski definition) is 4. The first-order valence-electron chi connectivity index (χ1n) is 5.82. The van der Waals surface area contributed by atoms with Crippen molar-refractivity contribution in [3.63, 3.8) is 0 Å². The summed E-state index contributed by atoms with van der Waals surface area (Å²) in [5.74, 6) is 1.06. The molecule has 0 unspecified atom stereocenters. The smallest absolute Gasteiger partial charge is 0.240 e. The van der Waals surface area contributed by atoms with Crippen molar-refractivity contribution in [3.8, 4) is 0 Å². The van der Waals surface area contributed by atoms with Crippen LogP contribution in [-0.2, 0) is 10.0 Å². The standard InChI is InChI=1S/C12H20N2O2S2/c1-10-9-11(5-6-12(10)13)18(15,16)14-7-3-4-8-17-2/h5-6,9,14H,3-4,7-8,13H2,1-2H3. The molecule has 0 radical (unpaired) electrons. The summed E-state index contributed by atoms with van der Waals surface area (Å²) in [6.07, 6.45) is 3.92. The molecule has 0 heterocycles. The Bertz CT molecular complexity index is 487. The van der Waals surface area contributed by atoms with Gasteiger partial charge in [-0.1, -0.05) is 0 Å². The van der Waals surface area contributed by atoms with E-state index in [1.165, 1.54) is 6.07 Å². The molecule has 0 aromatic heterocycles. The third kappa shape index (κ3) is 4.51. The van der Waals surface area contributed by atoms with Gasteiger partial charge in [0.05, 0.1) is 4.90 Å². The molecule has 6 heteroatoms. The number of thioether (sulfide) groups is 1. The van der Waals surface area contributed by atoms with Gasteiger partial charge in [-0.25, -0.2) is 13.1 Å². The minimum absolute atomic E-state index is 0.277. The lowest BCUT2D eigenvalue weighted by atomic mass is 10.2. The van der Waals surface area contributed by atoms with Crippen molar-refractivity contribution >= 4 is 27.5 Å². The number of nitrogens with two attached hydrogens (primary N) is 1.